The standard InChI is InChI=1S/C17H18ClN5O2/c1-10(2)16-22-21-15-7-5-12(9-23(15)16)20-17(24)19-11-4-6-14(25-3)13(18)8-11/h4-10H,1-3H3,(H2,19,20,24). The van der Waals surface area contributed by atoms with Crippen molar-refractivity contribution in [3.8, 4) is 5.75 Å². The summed E-state index contributed by atoms with van der Waals surface area (Å²) in [6.45, 7) is 4.08. The second-order valence-electron chi connectivity index (χ2n) is 5.79. The highest BCUT2D eigenvalue weighted by atomic mass is 35.5. The Morgan fingerprint density at radius 2 is 1.88 bits per heavy atom. The number of carbonyl (C=O) groups excluding carboxylic acids is 1. The van der Waals surface area contributed by atoms with Gasteiger partial charge in [-0.1, -0.05) is 25.4 Å². The number of anilines is 2. The molecule has 2 aromatic heterocycles. The number of hydrogen-bond donors (Lipinski definition) is 2. The summed E-state index contributed by atoms with van der Waals surface area (Å²) >= 11 is 6.06. The highest BCUT2D eigenvalue weighted by Gasteiger charge is 2.11. The van der Waals surface area contributed by atoms with Crippen LogP contribution in [0.1, 0.15) is 25.6 Å². The van der Waals surface area contributed by atoms with Gasteiger partial charge in [0.2, 0.25) is 0 Å². The lowest BCUT2D eigenvalue weighted by atomic mass is 10.2. The molecule has 0 aliphatic carbocycles. The zero-order chi connectivity index (χ0) is 18.0. The summed E-state index contributed by atoms with van der Waals surface area (Å²) in [6.07, 6.45) is 1.80. The molecule has 0 atom stereocenters. The van der Waals surface area contributed by atoms with Gasteiger partial charge in [-0.15, -0.1) is 10.2 Å². The van der Waals surface area contributed by atoms with E-state index in [4.69, 9.17) is 16.3 Å². The fourth-order valence-corrected chi connectivity index (χ4v) is 2.67. The van der Waals surface area contributed by atoms with Gasteiger partial charge in [0.25, 0.3) is 0 Å². The van der Waals surface area contributed by atoms with Gasteiger partial charge in [0, 0.05) is 17.8 Å². The van der Waals surface area contributed by atoms with Gasteiger partial charge in [-0.25, -0.2) is 4.79 Å². The van der Waals surface area contributed by atoms with Crippen LogP contribution in [0.15, 0.2) is 36.5 Å². The number of ether oxygens (including phenoxy) is 1. The summed E-state index contributed by atoms with van der Waals surface area (Å²) in [5.74, 6) is 1.61. The molecule has 2 N–H and O–H groups in total. The van der Waals surface area contributed by atoms with Gasteiger partial charge < -0.3 is 15.4 Å². The third-order valence-corrected chi connectivity index (χ3v) is 3.91. The van der Waals surface area contributed by atoms with Crippen LogP contribution in [0.5, 0.6) is 5.75 Å². The number of amides is 2. The minimum Gasteiger partial charge on any atom is -0.495 e. The number of halogens is 1. The molecule has 8 heteroatoms. The van der Waals surface area contributed by atoms with E-state index in [1.165, 1.54) is 7.11 Å². The fraction of sp³-hybridized carbons (Fsp3) is 0.235. The molecule has 0 radical (unpaired) electrons. The minimum absolute atomic E-state index is 0.223. The molecular formula is C17H18ClN5O2. The van der Waals surface area contributed by atoms with Crippen LogP contribution in [-0.2, 0) is 0 Å². The molecule has 0 saturated heterocycles. The largest absolute Gasteiger partial charge is 0.495 e. The summed E-state index contributed by atoms with van der Waals surface area (Å²) < 4.78 is 6.96. The Balaban J connectivity index is 1.75. The predicted molar refractivity (Wildman–Crippen MR) is 97.7 cm³/mol. The normalized spacial score (nSPS) is 10.9. The Labute approximate surface area is 150 Å². The smallest absolute Gasteiger partial charge is 0.323 e. The number of benzene rings is 1. The van der Waals surface area contributed by atoms with E-state index in [1.807, 2.05) is 18.2 Å². The van der Waals surface area contributed by atoms with Gasteiger partial charge >= 0.3 is 6.03 Å². The van der Waals surface area contributed by atoms with Gasteiger partial charge in [-0.05, 0) is 30.3 Å². The number of nitrogens with one attached hydrogen (secondary N) is 2. The first-order valence-electron chi connectivity index (χ1n) is 7.74. The van der Waals surface area contributed by atoms with Crippen LogP contribution < -0.4 is 15.4 Å². The van der Waals surface area contributed by atoms with Crippen LogP contribution in [0.3, 0.4) is 0 Å². The van der Waals surface area contributed by atoms with E-state index in [1.54, 1.807) is 36.5 Å². The van der Waals surface area contributed by atoms with Crippen molar-refractivity contribution in [1.29, 1.82) is 0 Å². The summed E-state index contributed by atoms with van der Waals surface area (Å²) in [7, 11) is 1.54. The lowest BCUT2D eigenvalue weighted by Gasteiger charge is -2.10. The summed E-state index contributed by atoms with van der Waals surface area (Å²) in [5.41, 5.74) is 1.93. The first-order chi connectivity index (χ1) is 12.0. The maximum Gasteiger partial charge on any atom is 0.323 e. The monoisotopic (exact) mass is 359 g/mol. The summed E-state index contributed by atoms with van der Waals surface area (Å²) in [4.78, 5) is 12.2. The van der Waals surface area contributed by atoms with Crippen LogP contribution in [0.4, 0.5) is 16.2 Å². The second-order valence-corrected chi connectivity index (χ2v) is 6.19. The zero-order valence-corrected chi connectivity index (χ0v) is 14.8. The summed E-state index contributed by atoms with van der Waals surface area (Å²) in [5, 5.41) is 14.2. The molecule has 0 aliphatic rings. The number of rotatable bonds is 4. The molecule has 0 saturated carbocycles. The van der Waals surface area contributed by atoms with E-state index < -0.39 is 0 Å². The highest BCUT2D eigenvalue weighted by molar-refractivity contribution is 6.32. The van der Waals surface area contributed by atoms with Crippen molar-refractivity contribution in [2.75, 3.05) is 17.7 Å². The Kier molecular flexibility index (Phi) is 4.76. The van der Waals surface area contributed by atoms with E-state index in [0.29, 0.717) is 22.1 Å². The minimum atomic E-state index is -0.375. The molecule has 0 fully saturated rings. The van der Waals surface area contributed by atoms with E-state index in [9.17, 15) is 4.79 Å². The molecule has 0 bridgehead atoms. The molecule has 130 valence electrons. The molecule has 2 amide bonds. The molecule has 0 spiro atoms. The third-order valence-electron chi connectivity index (χ3n) is 3.61. The van der Waals surface area contributed by atoms with Crippen molar-refractivity contribution in [3.63, 3.8) is 0 Å². The topological polar surface area (TPSA) is 80.5 Å². The van der Waals surface area contributed by atoms with Gasteiger partial charge in [0.05, 0.1) is 17.8 Å². The van der Waals surface area contributed by atoms with Crippen LogP contribution in [-0.4, -0.2) is 27.7 Å². The molecule has 0 aliphatic heterocycles. The summed E-state index contributed by atoms with van der Waals surface area (Å²) in [6, 6.07) is 8.23. The van der Waals surface area contributed by atoms with Gasteiger partial charge in [-0.3, -0.25) is 4.40 Å². The second kappa shape index (κ2) is 6.98. The lowest BCUT2D eigenvalue weighted by molar-refractivity contribution is 0.262. The maximum absolute atomic E-state index is 12.2. The lowest BCUT2D eigenvalue weighted by Crippen LogP contribution is -2.19. The Bertz CT molecular complexity index is 923. The van der Waals surface area contributed by atoms with Crippen LogP contribution in [0, 0.1) is 0 Å². The molecule has 3 aromatic rings. The molecular weight excluding hydrogens is 342 g/mol. The van der Waals surface area contributed by atoms with Crippen LogP contribution in [0.2, 0.25) is 5.02 Å². The van der Waals surface area contributed by atoms with Crippen molar-refractivity contribution < 1.29 is 9.53 Å². The quantitative estimate of drug-likeness (QED) is 0.733. The average molecular weight is 360 g/mol. The number of carbonyl (C=O) groups is 1. The molecule has 25 heavy (non-hydrogen) atoms. The number of hydrogen-bond acceptors (Lipinski definition) is 4. The molecule has 7 nitrogen and oxygen atoms in total. The van der Waals surface area contributed by atoms with Gasteiger partial charge in [0.1, 0.15) is 11.6 Å². The first-order valence-corrected chi connectivity index (χ1v) is 8.12. The van der Waals surface area contributed by atoms with Gasteiger partial charge in [-0.2, -0.15) is 0 Å². The van der Waals surface area contributed by atoms with Crippen LogP contribution in [0.25, 0.3) is 5.65 Å². The highest BCUT2D eigenvalue weighted by Crippen LogP contribution is 2.27. The third kappa shape index (κ3) is 3.66. The van der Waals surface area contributed by atoms with Gasteiger partial charge in [0.15, 0.2) is 5.65 Å². The number of nitrogens with zero attached hydrogens (tertiary/aromatic N) is 3. The Morgan fingerprint density at radius 3 is 2.56 bits per heavy atom. The fourth-order valence-electron chi connectivity index (χ4n) is 2.41. The van der Waals surface area contributed by atoms with E-state index in [-0.39, 0.29) is 11.9 Å². The van der Waals surface area contributed by atoms with Crippen molar-refractivity contribution in [3.05, 3.63) is 47.4 Å². The zero-order valence-electron chi connectivity index (χ0n) is 14.1. The van der Waals surface area contributed by atoms with E-state index >= 15 is 0 Å². The number of pyridine rings is 1. The van der Waals surface area contributed by atoms with Crippen molar-refractivity contribution in [2.24, 2.45) is 0 Å². The molecule has 3 rings (SSSR count). The molecule has 2 heterocycles. The first kappa shape index (κ1) is 17.0. The number of fused-ring (bicyclic) bond motifs is 1. The average Bonchev–Trinajstić information content (AvgIpc) is 2.98. The van der Waals surface area contributed by atoms with Crippen LogP contribution >= 0.6 is 11.6 Å². The van der Waals surface area contributed by atoms with Crippen molar-refractivity contribution >= 4 is 34.7 Å². The van der Waals surface area contributed by atoms with E-state index in [2.05, 4.69) is 20.8 Å². The number of urea groups is 1. The molecule has 1 aromatic carbocycles. The molecule has 0 unspecified atom stereocenters. The Hall–Kier alpha value is -2.80. The van der Waals surface area contributed by atoms with Crippen molar-refractivity contribution in [1.82, 2.24) is 14.6 Å². The van der Waals surface area contributed by atoms with Crippen molar-refractivity contribution in [2.45, 2.75) is 19.8 Å². The predicted octanol–water partition coefficient (Wildman–Crippen LogP) is 4.16. The number of aromatic nitrogens is 3. The SMILES string of the molecule is COc1ccc(NC(=O)Nc2ccc3nnc(C(C)C)n3c2)cc1Cl. The Morgan fingerprint density at radius 1 is 1.16 bits per heavy atom. The maximum atomic E-state index is 12.2. The van der Waals surface area contributed by atoms with E-state index in [0.717, 1.165) is 11.5 Å². The number of methoxy groups -OCH3 is 1.